The quantitative estimate of drug-likeness (QED) is 0.187. The van der Waals surface area contributed by atoms with E-state index in [4.69, 9.17) is 9.47 Å². The number of halogens is 1. The Balaban J connectivity index is 0.000000255. The van der Waals surface area contributed by atoms with Gasteiger partial charge >= 0.3 is 29.1 Å². The van der Waals surface area contributed by atoms with E-state index in [1.165, 1.54) is 55.9 Å². The molecule has 3 aromatic rings. The van der Waals surface area contributed by atoms with Crippen molar-refractivity contribution in [1.29, 1.82) is 0 Å². The minimum absolute atomic E-state index is 0. The van der Waals surface area contributed by atoms with Crippen LogP contribution in [0.2, 0.25) is 0 Å². The molecule has 4 heterocycles. The van der Waals surface area contributed by atoms with Crippen LogP contribution >= 0.6 is 0 Å². The smallest absolute Gasteiger partial charge is 1.00 e. The van der Waals surface area contributed by atoms with Gasteiger partial charge in [0.1, 0.15) is 5.75 Å². The maximum Gasteiger partial charge on any atom is 2.00 e. The van der Waals surface area contributed by atoms with Crippen LogP contribution in [0.15, 0.2) is 97.4 Å². The molecule has 52 heavy (non-hydrogen) atoms. The zero-order valence-electron chi connectivity index (χ0n) is 30.4. The fraction of sp³-hybridized carbons (Fsp3) is 0.390. The first-order valence-electron chi connectivity index (χ1n) is 17.5. The molecular weight excluding hydrogens is 735 g/mol. The number of rotatable bonds is 6. The molecule has 9 nitrogen and oxygen atoms in total. The summed E-state index contributed by atoms with van der Waals surface area (Å²) in [4.78, 5) is 54.8. The number of aromatic nitrogens is 2. The van der Waals surface area contributed by atoms with Gasteiger partial charge in [-0.15, -0.1) is 0 Å². The number of hydrogen-bond donors (Lipinski definition) is 0. The third kappa shape index (κ3) is 16.4. The molecule has 4 fully saturated rings. The minimum atomic E-state index is -0.509. The zero-order valence-corrected chi connectivity index (χ0v) is 33.4. The van der Waals surface area contributed by atoms with E-state index in [-0.39, 0.29) is 63.3 Å². The van der Waals surface area contributed by atoms with Gasteiger partial charge in [0, 0.05) is 73.0 Å². The van der Waals surface area contributed by atoms with Crippen molar-refractivity contribution in [2.45, 2.75) is 78.1 Å². The normalized spacial score (nSPS) is 17.4. The molecule has 1 unspecified atom stereocenters. The van der Waals surface area contributed by atoms with E-state index >= 15 is 0 Å². The SMILES string of the molecule is C1CCOC1.CC(=O)C1=CN(C(=O)Oc2ccccc2)C=CC1C1CC1.CC(=O)c1cccnc1.CC(=O)c1cnccc1C1CC1.[Br-].[CH-]1CC1.[Mg+2]. The predicted molar refractivity (Wildman–Crippen MR) is 198 cm³/mol. The van der Waals surface area contributed by atoms with Crippen LogP contribution in [0, 0.1) is 18.3 Å². The zero-order chi connectivity index (χ0) is 35.7. The first-order valence-corrected chi connectivity index (χ1v) is 17.5. The molecule has 272 valence electrons. The summed E-state index contributed by atoms with van der Waals surface area (Å²) in [6.45, 7) is 6.67. The van der Waals surface area contributed by atoms with Crippen LogP contribution in [0.4, 0.5) is 4.79 Å². The second kappa shape index (κ2) is 23.9. The summed E-state index contributed by atoms with van der Waals surface area (Å²) >= 11 is 0. The van der Waals surface area contributed by atoms with E-state index in [2.05, 4.69) is 16.4 Å². The topological polar surface area (TPSA) is 116 Å². The van der Waals surface area contributed by atoms with E-state index in [1.807, 2.05) is 18.2 Å². The standard InChI is InChI=1S/C17H17NO3.C10H11NO.C7H7NO.C4H8O.C3H5.BrH.Mg/c1-12(19)16-11-18(10-9-15(16)13-7-8-13)17(20)21-14-5-3-2-4-6-14;1-7(12)10-6-11-5-4-9(10)8-2-3-8;1-6(9)7-3-2-4-8-5-7;1-2-4-5-3-1;1-2-3-1;;/h2-6,9-11,13,15H,7-8H2,1H3;4-6,8H,2-3H2,1H3;2-5H,1H3;1-4H2;1H,2-3H2;1H;/q;;;;-1;;+2/p-1. The van der Waals surface area contributed by atoms with Gasteiger partial charge in [0.15, 0.2) is 17.3 Å². The minimum Gasteiger partial charge on any atom is -1.00 e. The Labute approximate surface area is 334 Å². The molecule has 1 saturated heterocycles. The van der Waals surface area contributed by atoms with E-state index < -0.39 is 6.09 Å². The van der Waals surface area contributed by atoms with Crippen LogP contribution in [0.1, 0.15) is 104 Å². The molecule has 1 atom stereocenters. The maximum absolute atomic E-state index is 12.1. The predicted octanol–water partition coefficient (Wildman–Crippen LogP) is 5.36. The third-order valence-electron chi connectivity index (χ3n) is 8.22. The first-order chi connectivity index (χ1) is 24.2. The summed E-state index contributed by atoms with van der Waals surface area (Å²) in [5.74, 6) is 2.00. The molecule has 1 amide bonds. The molecule has 5 aliphatic rings. The molecule has 2 aliphatic heterocycles. The van der Waals surface area contributed by atoms with Crippen molar-refractivity contribution < 1.29 is 45.6 Å². The van der Waals surface area contributed by atoms with E-state index in [9.17, 15) is 19.2 Å². The second-order valence-corrected chi connectivity index (χ2v) is 12.7. The van der Waals surface area contributed by atoms with Gasteiger partial charge < -0.3 is 32.9 Å². The molecule has 3 saturated carbocycles. The van der Waals surface area contributed by atoms with Gasteiger partial charge in [-0.05, 0) is 107 Å². The van der Waals surface area contributed by atoms with Gasteiger partial charge in [0.2, 0.25) is 0 Å². The summed E-state index contributed by atoms with van der Waals surface area (Å²) in [5.41, 5.74) is 3.35. The van der Waals surface area contributed by atoms with Crippen LogP contribution in [0.3, 0.4) is 0 Å². The number of Topliss-reactive ketones (excluding diaryl/α,β-unsaturated/α-hetero) is 3. The van der Waals surface area contributed by atoms with Crippen LogP contribution < -0.4 is 21.7 Å². The fourth-order valence-corrected chi connectivity index (χ4v) is 5.05. The molecule has 0 bridgehead atoms. The molecule has 0 spiro atoms. The van der Waals surface area contributed by atoms with Gasteiger partial charge in [0.05, 0.1) is 0 Å². The van der Waals surface area contributed by atoms with Gasteiger partial charge in [0.25, 0.3) is 0 Å². The Hall–Kier alpha value is -3.51. The number of pyridine rings is 2. The molecule has 0 radical (unpaired) electrons. The Bertz CT molecular complexity index is 1610. The van der Waals surface area contributed by atoms with Gasteiger partial charge in [-0.1, -0.05) is 24.3 Å². The number of amides is 1. The number of hydrogen-bond acceptors (Lipinski definition) is 8. The van der Waals surface area contributed by atoms with E-state index in [0.717, 1.165) is 31.6 Å². The van der Waals surface area contributed by atoms with E-state index in [0.29, 0.717) is 28.7 Å². The van der Waals surface area contributed by atoms with Crippen molar-refractivity contribution in [2.75, 3.05) is 13.2 Å². The average Bonchev–Trinajstić information content (AvgIpc) is 4.00. The van der Waals surface area contributed by atoms with Gasteiger partial charge in [-0.3, -0.25) is 29.3 Å². The number of ether oxygens (including phenoxy) is 2. The van der Waals surface area contributed by atoms with Crippen molar-refractivity contribution >= 4 is 46.5 Å². The number of benzene rings is 1. The molecule has 3 aliphatic carbocycles. The van der Waals surface area contributed by atoms with Gasteiger partial charge in [-0.2, -0.15) is 0 Å². The molecule has 8 rings (SSSR count). The van der Waals surface area contributed by atoms with Crippen molar-refractivity contribution in [3.05, 3.63) is 120 Å². The van der Waals surface area contributed by atoms with Crippen LogP contribution in [0.25, 0.3) is 0 Å². The Morgan fingerprint density at radius 1 is 0.808 bits per heavy atom. The first kappa shape index (κ1) is 44.6. The Kier molecular flexibility index (Phi) is 20.5. The molecular formula is C41H48BrMgN3O6. The van der Waals surface area contributed by atoms with Crippen LogP contribution in [-0.4, -0.2) is 74.6 Å². The average molecular weight is 783 g/mol. The summed E-state index contributed by atoms with van der Waals surface area (Å²) in [6.07, 6.45) is 23.7. The van der Waals surface area contributed by atoms with E-state index in [1.54, 1.807) is 87.4 Å². The number of para-hydroxylation sites is 1. The number of allylic oxidation sites excluding steroid dienone is 2. The van der Waals surface area contributed by atoms with Crippen molar-refractivity contribution in [1.82, 2.24) is 14.9 Å². The number of nitrogens with zero attached hydrogens (tertiary/aromatic N) is 3. The summed E-state index contributed by atoms with van der Waals surface area (Å²) in [6, 6.07) is 14.3. The van der Waals surface area contributed by atoms with Crippen molar-refractivity contribution in [3.63, 3.8) is 0 Å². The Morgan fingerprint density at radius 3 is 1.92 bits per heavy atom. The molecule has 0 N–H and O–H groups in total. The maximum atomic E-state index is 12.1. The van der Waals surface area contributed by atoms with Crippen molar-refractivity contribution in [2.24, 2.45) is 11.8 Å². The van der Waals surface area contributed by atoms with Gasteiger partial charge in [-0.25, -0.2) is 17.6 Å². The van der Waals surface area contributed by atoms with Crippen LogP contribution in [-0.2, 0) is 9.53 Å². The number of carbonyl (C=O) groups is 4. The van der Waals surface area contributed by atoms with Crippen molar-refractivity contribution in [3.8, 4) is 5.75 Å². The fourth-order valence-electron chi connectivity index (χ4n) is 5.05. The molecule has 1 aromatic carbocycles. The molecule has 11 heteroatoms. The third-order valence-corrected chi connectivity index (χ3v) is 8.22. The second-order valence-electron chi connectivity index (χ2n) is 12.7. The largest absolute Gasteiger partial charge is 2.00 e. The summed E-state index contributed by atoms with van der Waals surface area (Å²) < 4.78 is 10.2. The monoisotopic (exact) mass is 781 g/mol. The Morgan fingerprint density at radius 2 is 1.46 bits per heavy atom. The van der Waals surface area contributed by atoms with Crippen LogP contribution in [0.5, 0.6) is 5.75 Å². The number of carbonyl (C=O) groups excluding carboxylic acids is 4. The number of ketones is 3. The summed E-state index contributed by atoms with van der Waals surface area (Å²) in [7, 11) is 0. The summed E-state index contributed by atoms with van der Waals surface area (Å²) in [5, 5.41) is 0. The molecule has 2 aromatic heterocycles.